The Labute approximate surface area is 91.5 Å². The maximum atomic E-state index is 11.2. The van der Waals surface area contributed by atoms with Gasteiger partial charge in [-0.1, -0.05) is 10.3 Å². The number of amidine groups is 1. The van der Waals surface area contributed by atoms with Crippen LogP contribution in [0.25, 0.3) is 0 Å². The predicted molar refractivity (Wildman–Crippen MR) is 53.8 cm³/mol. The molecule has 8 heteroatoms. The molecular weight excluding hydrogens is 214 g/mol. The molecule has 1 aromatic rings. The van der Waals surface area contributed by atoms with Crippen molar-refractivity contribution in [1.29, 1.82) is 0 Å². The highest BCUT2D eigenvalue weighted by Gasteiger charge is 2.06. The summed E-state index contributed by atoms with van der Waals surface area (Å²) in [6.45, 7) is 2.07. The van der Waals surface area contributed by atoms with Crippen LogP contribution in [0.1, 0.15) is 18.1 Å². The SMILES string of the molecule is Cc1noc(CCNC(=O)CC(N)=NO)n1. The van der Waals surface area contributed by atoms with Crippen LogP contribution < -0.4 is 11.1 Å². The molecule has 0 aliphatic carbocycles. The van der Waals surface area contributed by atoms with Gasteiger partial charge >= 0.3 is 0 Å². The summed E-state index contributed by atoms with van der Waals surface area (Å²) in [5, 5.41) is 17.1. The fraction of sp³-hybridized carbons (Fsp3) is 0.500. The largest absolute Gasteiger partial charge is 0.409 e. The van der Waals surface area contributed by atoms with Crippen molar-refractivity contribution in [3.8, 4) is 0 Å². The maximum absolute atomic E-state index is 11.2. The van der Waals surface area contributed by atoms with Crippen LogP contribution in [0.4, 0.5) is 0 Å². The number of aryl methyl sites for hydroxylation is 1. The fourth-order valence-electron chi connectivity index (χ4n) is 1.01. The Morgan fingerprint density at radius 1 is 1.69 bits per heavy atom. The van der Waals surface area contributed by atoms with Crippen LogP contribution in [0.3, 0.4) is 0 Å². The van der Waals surface area contributed by atoms with Gasteiger partial charge in [-0.3, -0.25) is 4.79 Å². The number of nitrogens with zero attached hydrogens (tertiary/aromatic N) is 3. The van der Waals surface area contributed by atoms with Crippen molar-refractivity contribution < 1.29 is 14.5 Å². The molecule has 0 spiro atoms. The third-order valence-electron chi connectivity index (χ3n) is 1.70. The number of hydrogen-bond donors (Lipinski definition) is 3. The van der Waals surface area contributed by atoms with Gasteiger partial charge in [-0.15, -0.1) is 0 Å². The maximum Gasteiger partial charge on any atom is 0.228 e. The minimum absolute atomic E-state index is 0.133. The first-order valence-corrected chi connectivity index (χ1v) is 4.64. The van der Waals surface area contributed by atoms with Gasteiger partial charge in [-0.05, 0) is 6.92 Å². The number of oxime groups is 1. The molecule has 0 unspecified atom stereocenters. The molecule has 16 heavy (non-hydrogen) atoms. The van der Waals surface area contributed by atoms with E-state index in [4.69, 9.17) is 15.5 Å². The molecule has 0 aromatic carbocycles. The summed E-state index contributed by atoms with van der Waals surface area (Å²) in [7, 11) is 0. The highest BCUT2D eigenvalue weighted by molar-refractivity contribution is 5.98. The van der Waals surface area contributed by atoms with Crippen LogP contribution in [-0.2, 0) is 11.2 Å². The standard InChI is InChI=1S/C8H13N5O3/c1-5-11-8(16-13-5)2-3-10-7(14)4-6(9)12-15/h15H,2-4H2,1H3,(H2,9,12)(H,10,14). The average Bonchev–Trinajstić information content (AvgIpc) is 2.64. The predicted octanol–water partition coefficient (Wildman–Crippen LogP) is -0.827. The molecule has 8 nitrogen and oxygen atoms in total. The van der Waals surface area contributed by atoms with E-state index in [9.17, 15) is 4.79 Å². The van der Waals surface area contributed by atoms with Crippen LogP contribution in [0.15, 0.2) is 9.68 Å². The van der Waals surface area contributed by atoms with Crippen LogP contribution in [0.2, 0.25) is 0 Å². The van der Waals surface area contributed by atoms with Crippen molar-refractivity contribution >= 4 is 11.7 Å². The number of hydrogen-bond acceptors (Lipinski definition) is 6. The molecule has 0 fully saturated rings. The zero-order chi connectivity index (χ0) is 12.0. The summed E-state index contributed by atoms with van der Waals surface area (Å²) in [5.74, 6) is 0.553. The molecule has 1 aromatic heterocycles. The topological polar surface area (TPSA) is 127 Å². The molecule has 1 rings (SSSR count). The second kappa shape index (κ2) is 5.69. The molecule has 0 bridgehead atoms. The second-order valence-corrected chi connectivity index (χ2v) is 3.10. The number of nitrogens with one attached hydrogen (secondary N) is 1. The van der Waals surface area contributed by atoms with Gasteiger partial charge in [-0.25, -0.2) is 0 Å². The number of aromatic nitrogens is 2. The number of nitrogens with two attached hydrogens (primary N) is 1. The zero-order valence-corrected chi connectivity index (χ0v) is 8.80. The molecule has 0 saturated heterocycles. The zero-order valence-electron chi connectivity index (χ0n) is 8.80. The molecule has 88 valence electrons. The van der Waals surface area contributed by atoms with Crippen molar-refractivity contribution in [3.63, 3.8) is 0 Å². The minimum atomic E-state index is -0.327. The van der Waals surface area contributed by atoms with Gasteiger partial charge in [0.1, 0.15) is 5.84 Å². The summed E-state index contributed by atoms with van der Waals surface area (Å²) in [6, 6.07) is 0. The van der Waals surface area contributed by atoms with Gasteiger partial charge in [-0.2, -0.15) is 4.98 Å². The van der Waals surface area contributed by atoms with Crippen LogP contribution in [0.5, 0.6) is 0 Å². The molecule has 1 heterocycles. The highest BCUT2D eigenvalue weighted by atomic mass is 16.5. The van der Waals surface area contributed by atoms with Gasteiger partial charge in [0.05, 0.1) is 6.42 Å². The highest BCUT2D eigenvalue weighted by Crippen LogP contribution is 1.95. The lowest BCUT2D eigenvalue weighted by atomic mass is 10.3. The molecule has 4 N–H and O–H groups in total. The van der Waals surface area contributed by atoms with E-state index in [0.29, 0.717) is 24.7 Å². The third kappa shape index (κ3) is 3.95. The molecule has 0 radical (unpaired) electrons. The number of carbonyl (C=O) groups excluding carboxylic acids is 1. The number of amides is 1. The van der Waals surface area contributed by atoms with Crippen LogP contribution in [-0.4, -0.2) is 33.6 Å². The first kappa shape index (κ1) is 12.0. The van der Waals surface area contributed by atoms with Crippen molar-refractivity contribution in [2.24, 2.45) is 10.9 Å². The Kier molecular flexibility index (Phi) is 4.25. The Hall–Kier alpha value is -2.12. The summed E-state index contributed by atoms with van der Waals surface area (Å²) >= 11 is 0. The Balaban J connectivity index is 2.23. The van der Waals surface area contributed by atoms with E-state index in [1.54, 1.807) is 6.92 Å². The summed E-state index contributed by atoms with van der Waals surface area (Å²) in [4.78, 5) is 15.1. The van der Waals surface area contributed by atoms with E-state index in [1.165, 1.54) is 0 Å². The third-order valence-corrected chi connectivity index (χ3v) is 1.70. The second-order valence-electron chi connectivity index (χ2n) is 3.10. The van der Waals surface area contributed by atoms with Crippen LogP contribution >= 0.6 is 0 Å². The smallest absolute Gasteiger partial charge is 0.228 e. The monoisotopic (exact) mass is 227 g/mol. The molecule has 1 amide bonds. The van der Waals surface area contributed by atoms with E-state index in [0.717, 1.165) is 0 Å². The van der Waals surface area contributed by atoms with E-state index < -0.39 is 0 Å². The lowest BCUT2D eigenvalue weighted by Gasteiger charge is -2.01. The number of rotatable bonds is 5. The lowest BCUT2D eigenvalue weighted by molar-refractivity contribution is -0.119. The van der Waals surface area contributed by atoms with E-state index in [1.807, 2.05) is 0 Å². The number of carbonyl (C=O) groups is 1. The first-order chi connectivity index (χ1) is 7.61. The van der Waals surface area contributed by atoms with Gasteiger partial charge in [0, 0.05) is 13.0 Å². The van der Waals surface area contributed by atoms with Gasteiger partial charge in [0.2, 0.25) is 11.8 Å². The molecule has 0 saturated carbocycles. The molecular formula is C8H13N5O3. The van der Waals surface area contributed by atoms with Crippen molar-refractivity contribution in [2.45, 2.75) is 19.8 Å². The van der Waals surface area contributed by atoms with Gasteiger partial charge in [0.25, 0.3) is 0 Å². The molecule has 0 aliphatic rings. The van der Waals surface area contributed by atoms with Gasteiger partial charge in [0.15, 0.2) is 5.82 Å². The van der Waals surface area contributed by atoms with Gasteiger partial charge < -0.3 is 20.8 Å². The summed E-state index contributed by atoms with van der Waals surface area (Å²) < 4.78 is 4.85. The lowest BCUT2D eigenvalue weighted by Crippen LogP contribution is -2.30. The quantitative estimate of drug-likeness (QED) is 0.261. The van der Waals surface area contributed by atoms with Crippen molar-refractivity contribution in [2.75, 3.05) is 6.54 Å². The Bertz CT molecular complexity index is 387. The van der Waals surface area contributed by atoms with Crippen molar-refractivity contribution in [3.05, 3.63) is 11.7 Å². The molecule has 0 aliphatic heterocycles. The van der Waals surface area contributed by atoms with E-state index in [-0.39, 0.29) is 18.2 Å². The summed E-state index contributed by atoms with van der Waals surface area (Å²) in [6.07, 6.45) is 0.308. The van der Waals surface area contributed by atoms with E-state index >= 15 is 0 Å². The van der Waals surface area contributed by atoms with Crippen molar-refractivity contribution in [1.82, 2.24) is 15.5 Å². The first-order valence-electron chi connectivity index (χ1n) is 4.64. The molecule has 0 atom stereocenters. The Morgan fingerprint density at radius 3 is 3.00 bits per heavy atom. The normalized spacial score (nSPS) is 11.4. The minimum Gasteiger partial charge on any atom is -0.409 e. The summed E-state index contributed by atoms with van der Waals surface area (Å²) in [5.41, 5.74) is 5.16. The fourth-order valence-corrected chi connectivity index (χ4v) is 1.01. The average molecular weight is 227 g/mol. The van der Waals surface area contributed by atoms with Crippen LogP contribution in [0, 0.1) is 6.92 Å². The Morgan fingerprint density at radius 2 is 2.44 bits per heavy atom. The van der Waals surface area contributed by atoms with E-state index in [2.05, 4.69) is 20.6 Å².